The molecular weight excluding hydrogens is 426 g/mol. The van der Waals surface area contributed by atoms with E-state index in [9.17, 15) is 9.59 Å². The van der Waals surface area contributed by atoms with Gasteiger partial charge in [0.2, 0.25) is 5.75 Å². The first-order chi connectivity index (χ1) is 15.9. The van der Waals surface area contributed by atoms with Gasteiger partial charge in [-0.15, -0.1) is 0 Å². The predicted octanol–water partition coefficient (Wildman–Crippen LogP) is 2.89. The lowest BCUT2D eigenvalue weighted by molar-refractivity contribution is 0.0600. The number of benzene rings is 2. The van der Waals surface area contributed by atoms with Crippen LogP contribution in [0.25, 0.3) is 0 Å². The van der Waals surface area contributed by atoms with Gasteiger partial charge in [-0.2, -0.15) is 0 Å². The molecule has 1 N–H and O–H groups in total. The molecule has 0 saturated carbocycles. The molecule has 2 aromatic rings. The first-order valence-electron chi connectivity index (χ1n) is 10.8. The zero-order valence-corrected chi connectivity index (χ0v) is 19.8. The van der Waals surface area contributed by atoms with E-state index in [2.05, 4.69) is 22.0 Å². The van der Waals surface area contributed by atoms with Crippen molar-refractivity contribution in [2.24, 2.45) is 0 Å². The van der Waals surface area contributed by atoms with E-state index >= 15 is 0 Å². The lowest BCUT2D eigenvalue weighted by Gasteiger charge is -2.36. The normalized spacial score (nSPS) is 13.9. The van der Waals surface area contributed by atoms with Gasteiger partial charge in [-0.05, 0) is 36.9 Å². The van der Waals surface area contributed by atoms with E-state index in [1.807, 2.05) is 6.07 Å². The Hall–Kier alpha value is -3.46. The molecule has 1 aliphatic rings. The van der Waals surface area contributed by atoms with E-state index in [0.717, 1.165) is 38.4 Å². The van der Waals surface area contributed by atoms with Gasteiger partial charge in [0.25, 0.3) is 5.91 Å². The lowest BCUT2D eigenvalue weighted by Crippen LogP contribution is -2.46. The van der Waals surface area contributed by atoms with Gasteiger partial charge in [0.15, 0.2) is 11.5 Å². The summed E-state index contributed by atoms with van der Waals surface area (Å²) < 4.78 is 20.9. The van der Waals surface area contributed by atoms with Crippen LogP contribution in [0, 0.1) is 0 Å². The standard InChI is InChI=1S/C24H31N3O6/c1-6-26-9-11-27(12-10-26)19-8-7-16(24(29)33-5)13-18(19)25-23(28)17-14-20(30-2)22(32-4)21(15-17)31-3/h7-8,13-15H,6,9-12H2,1-5H3,(H,25,28). The van der Waals surface area contributed by atoms with Crippen LogP contribution in [0.5, 0.6) is 17.2 Å². The average Bonchev–Trinajstić information content (AvgIpc) is 2.87. The maximum Gasteiger partial charge on any atom is 0.337 e. The van der Waals surface area contributed by atoms with E-state index in [0.29, 0.717) is 34.1 Å². The summed E-state index contributed by atoms with van der Waals surface area (Å²) in [4.78, 5) is 29.9. The van der Waals surface area contributed by atoms with Gasteiger partial charge in [-0.25, -0.2) is 4.79 Å². The fourth-order valence-corrected chi connectivity index (χ4v) is 3.87. The van der Waals surface area contributed by atoms with E-state index in [1.54, 1.807) is 24.3 Å². The molecular formula is C24H31N3O6. The van der Waals surface area contributed by atoms with Gasteiger partial charge >= 0.3 is 5.97 Å². The van der Waals surface area contributed by atoms with Crippen LogP contribution >= 0.6 is 0 Å². The van der Waals surface area contributed by atoms with Crippen LogP contribution in [0.15, 0.2) is 30.3 Å². The summed E-state index contributed by atoms with van der Waals surface area (Å²) in [5.74, 6) is 0.312. The summed E-state index contributed by atoms with van der Waals surface area (Å²) in [6.07, 6.45) is 0. The number of nitrogens with zero attached hydrogens (tertiary/aromatic N) is 2. The summed E-state index contributed by atoms with van der Waals surface area (Å²) in [6.45, 7) is 6.63. The largest absolute Gasteiger partial charge is 0.493 e. The lowest BCUT2D eigenvalue weighted by atomic mass is 10.1. The number of anilines is 2. The van der Waals surface area contributed by atoms with Crippen molar-refractivity contribution < 1.29 is 28.5 Å². The number of likely N-dealkylation sites (N-methyl/N-ethyl adjacent to an activating group) is 1. The Labute approximate surface area is 194 Å². The number of carbonyl (C=O) groups excluding carboxylic acids is 2. The number of nitrogens with one attached hydrogen (secondary N) is 1. The zero-order valence-electron chi connectivity index (χ0n) is 19.8. The second kappa shape index (κ2) is 10.9. The molecule has 1 amide bonds. The number of hydrogen-bond donors (Lipinski definition) is 1. The molecule has 0 bridgehead atoms. The minimum absolute atomic E-state index is 0.328. The Morgan fingerprint density at radius 1 is 0.879 bits per heavy atom. The minimum atomic E-state index is -0.472. The van der Waals surface area contributed by atoms with Gasteiger partial charge in [-0.1, -0.05) is 6.92 Å². The molecule has 0 atom stereocenters. The third-order valence-corrected chi connectivity index (χ3v) is 5.75. The highest BCUT2D eigenvalue weighted by Gasteiger charge is 2.22. The number of methoxy groups -OCH3 is 4. The molecule has 1 aliphatic heterocycles. The molecule has 0 spiro atoms. The molecule has 33 heavy (non-hydrogen) atoms. The Bertz CT molecular complexity index is 977. The van der Waals surface area contributed by atoms with Crippen molar-refractivity contribution in [3.05, 3.63) is 41.5 Å². The monoisotopic (exact) mass is 457 g/mol. The first-order valence-corrected chi connectivity index (χ1v) is 10.8. The van der Waals surface area contributed by atoms with Crippen LogP contribution in [-0.4, -0.2) is 77.9 Å². The molecule has 0 unspecified atom stereocenters. The topological polar surface area (TPSA) is 89.6 Å². The number of esters is 1. The minimum Gasteiger partial charge on any atom is -0.493 e. The van der Waals surface area contributed by atoms with E-state index < -0.39 is 5.97 Å². The summed E-state index contributed by atoms with van der Waals surface area (Å²) in [7, 11) is 5.82. The van der Waals surface area contributed by atoms with E-state index in [1.165, 1.54) is 28.4 Å². The van der Waals surface area contributed by atoms with Crippen LogP contribution in [0.3, 0.4) is 0 Å². The number of piperazine rings is 1. The predicted molar refractivity (Wildman–Crippen MR) is 126 cm³/mol. The third kappa shape index (κ3) is 5.31. The molecule has 9 nitrogen and oxygen atoms in total. The molecule has 3 rings (SSSR count). The molecule has 1 saturated heterocycles. The molecule has 1 heterocycles. The van der Waals surface area contributed by atoms with Gasteiger partial charge in [-0.3, -0.25) is 4.79 Å². The molecule has 178 valence electrons. The fourth-order valence-electron chi connectivity index (χ4n) is 3.87. The van der Waals surface area contributed by atoms with Crippen LogP contribution in [0.4, 0.5) is 11.4 Å². The molecule has 9 heteroatoms. The highest BCUT2D eigenvalue weighted by molar-refractivity contribution is 6.07. The second-order valence-electron chi connectivity index (χ2n) is 7.51. The number of hydrogen-bond acceptors (Lipinski definition) is 8. The zero-order chi connectivity index (χ0) is 24.0. The highest BCUT2D eigenvalue weighted by Crippen LogP contribution is 2.38. The molecule has 2 aromatic carbocycles. The number of ether oxygens (including phenoxy) is 4. The highest BCUT2D eigenvalue weighted by atomic mass is 16.5. The molecule has 1 fully saturated rings. The van der Waals surface area contributed by atoms with Crippen molar-refractivity contribution in [3.8, 4) is 17.2 Å². The summed E-state index contributed by atoms with van der Waals surface area (Å²) in [5, 5.41) is 2.95. The average molecular weight is 458 g/mol. The quantitative estimate of drug-likeness (QED) is 0.606. The van der Waals surface area contributed by atoms with Crippen LogP contribution in [-0.2, 0) is 4.74 Å². The van der Waals surface area contributed by atoms with Crippen molar-refractivity contribution in [1.29, 1.82) is 0 Å². The first kappa shape index (κ1) is 24.2. The van der Waals surface area contributed by atoms with Crippen LogP contribution < -0.4 is 24.4 Å². The summed E-state index contributed by atoms with van der Waals surface area (Å²) in [5.41, 5.74) is 2.06. The summed E-state index contributed by atoms with van der Waals surface area (Å²) in [6, 6.07) is 8.37. The van der Waals surface area contributed by atoms with Crippen LogP contribution in [0.1, 0.15) is 27.6 Å². The smallest absolute Gasteiger partial charge is 0.337 e. The Kier molecular flexibility index (Phi) is 8.00. The second-order valence-corrected chi connectivity index (χ2v) is 7.51. The van der Waals surface area contributed by atoms with Crippen molar-refractivity contribution in [2.45, 2.75) is 6.92 Å². The van der Waals surface area contributed by atoms with Crippen molar-refractivity contribution in [1.82, 2.24) is 4.90 Å². The Morgan fingerprint density at radius 2 is 1.52 bits per heavy atom. The SMILES string of the molecule is CCN1CCN(c2ccc(C(=O)OC)cc2NC(=O)c2cc(OC)c(OC)c(OC)c2)CC1. The third-order valence-electron chi connectivity index (χ3n) is 5.75. The van der Waals surface area contributed by atoms with Crippen molar-refractivity contribution in [3.63, 3.8) is 0 Å². The number of rotatable bonds is 8. The maximum absolute atomic E-state index is 13.2. The molecule has 0 aliphatic carbocycles. The van der Waals surface area contributed by atoms with E-state index in [-0.39, 0.29) is 5.91 Å². The van der Waals surface area contributed by atoms with Crippen molar-refractivity contribution in [2.75, 3.05) is 71.4 Å². The maximum atomic E-state index is 13.2. The van der Waals surface area contributed by atoms with Gasteiger partial charge in [0.05, 0.1) is 45.4 Å². The Morgan fingerprint density at radius 3 is 2.03 bits per heavy atom. The van der Waals surface area contributed by atoms with Gasteiger partial charge in [0, 0.05) is 31.7 Å². The van der Waals surface area contributed by atoms with Crippen LogP contribution in [0.2, 0.25) is 0 Å². The van der Waals surface area contributed by atoms with Gasteiger partial charge in [0.1, 0.15) is 0 Å². The Balaban J connectivity index is 1.95. The van der Waals surface area contributed by atoms with Crippen molar-refractivity contribution >= 4 is 23.3 Å². The van der Waals surface area contributed by atoms with E-state index in [4.69, 9.17) is 18.9 Å². The molecule has 0 radical (unpaired) electrons. The fraction of sp³-hybridized carbons (Fsp3) is 0.417. The number of amides is 1. The summed E-state index contributed by atoms with van der Waals surface area (Å²) >= 11 is 0. The van der Waals surface area contributed by atoms with Gasteiger partial charge < -0.3 is 34.1 Å². The molecule has 0 aromatic heterocycles. The number of carbonyl (C=O) groups is 2.